The summed E-state index contributed by atoms with van der Waals surface area (Å²) in [5.74, 6) is 1.34. The number of nitriles is 1. The zero-order valence-electron chi connectivity index (χ0n) is 14.1. The van der Waals surface area contributed by atoms with Crippen molar-refractivity contribution in [3.63, 3.8) is 0 Å². The molecule has 3 aromatic rings. The summed E-state index contributed by atoms with van der Waals surface area (Å²) in [4.78, 5) is 6.60. The predicted molar refractivity (Wildman–Crippen MR) is 104 cm³/mol. The van der Waals surface area contributed by atoms with Gasteiger partial charge in [0.2, 0.25) is 0 Å². The average molecular weight is 368 g/mol. The Labute approximate surface area is 154 Å². The first-order valence-corrected chi connectivity index (χ1v) is 9.21. The van der Waals surface area contributed by atoms with E-state index in [1.54, 1.807) is 31.8 Å². The third-order valence-electron chi connectivity index (χ3n) is 3.74. The van der Waals surface area contributed by atoms with Crippen LogP contribution in [0, 0.1) is 18.3 Å². The van der Waals surface area contributed by atoms with Crippen LogP contribution >= 0.6 is 22.7 Å². The summed E-state index contributed by atoms with van der Waals surface area (Å²) >= 11 is 3.12. The molecule has 25 heavy (non-hydrogen) atoms. The van der Waals surface area contributed by atoms with Crippen molar-refractivity contribution in [3.05, 3.63) is 51.7 Å². The first-order chi connectivity index (χ1) is 12.2. The Hall–Kier alpha value is -2.62. The van der Waals surface area contributed by atoms with Crippen molar-refractivity contribution in [2.45, 2.75) is 6.92 Å². The van der Waals surface area contributed by atoms with Crippen LogP contribution in [0.5, 0.6) is 11.5 Å². The van der Waals surface area contributed by atoms with E-state index < -0.39 is 0 Å². The molecule has 2 aromatic heterocycles. The number of rotatable bonds is 5. The summed E-state index contributed by atoms with van der Waals surface area (Å²) in [5.41, 5.74) is 2.52. The molecule has 0 unspecified atom stereocenters. The molecule has 0 aliphatic rings. The SMILES string of the molecule is COc1ccc(-c2sc(N=Cc3cccs3)c(C#N)c2C)cc1OC. The van der Waals surface area contributed by atoms with Crippen LogP contribution in [0.25, 0.3) is 10.4 Å². The van der Waals surface area contributed by atoms with Crippen molar-refractivity contribution in [3.8, 4) is 28.0 Å². The molecular formula is C19H16N2O2S2. The Balaban J connectivity index is 2.05. The molecule has 2 heterocycles. The second kappa shape index (κ2) is 7.51. The summed E-state index contributed by atoms with van der Waals surface area (Å²) in [6.45, 7) is 1.95. The van der Waals surface area contributed by atoms with E-state index in [1.807, 2.05) is 42.6 Å². The minimum absolute atomic E-state index is 0.614. The van der Waals surface area contributed by atoms with E-state index in [0.29, 0.717) is 17.1 Å². The Morgan fingerprint density at radius 1 is 1.16 bits per heavy atom. The van der Waals surface area contributed by atoms with Gasteiger partial charge in [0.1, 0.15) is 11.1 Å². The van der Waals surface area contributed by atoms with Gasteiger partial charge in [0.05, 0.1) is 19.8 Å². The molecule has 0 saturated heterocycles. The molecule has 3 rings (SSSR count). The quantitative estimate of drug-likeness (QED) is 0.565. The van der Waals surface area contributed by atoms with E-state index in [9.17, 15) is 5.26 Å². The summed E-state index contributed by atoms with van der Waals surface area (Å²) in [5, 5.41) is 12.3. The van der Waals surface area contributed by atoms with Gasteiger partial charge in [0.25, 0.3) is 0 Å². The van der Waals surface area contributed by atoms with E-state index in [4.69, 9.17) is 9.47 Å². The fourth-order valence-electron chi connectivity index (χ4n) is 2.46. The van der Waals surface area contributed by atoms with Gasteiger partial charge in [0.15, 0.2) is 11.5 Å². The van der Waals surface area contributed by atoms with Crippen molar-refractivity contribution >= 4 is 33.9 Å². The molecule has 0 radical (unpaired) electrons. The van der Waals surface area contributed by atoms with E-state index in [0.717, 1.165) is 25.9 Å². The van der Waals surface area contributed by atoms with E-state index in [2.05, 4.69) is 11.1 Å². The van der Waals surface area contributed by atoms with Crippen LogP contribution < -0.4 is 9.47 Å². The Bertz CT molecular complexity index is 951. The molecule has 0 N–H and O–H groups in total. The van der Waals surface area contributed by atoms with Gasteiger partial charge in [-0.3, -0.25) is 0 Å². The first-order valence-electron chi connectivity index (χ1n) is 7.51. The lowest BCUT2D eigenvalue weighted by molar-refractivity contribution is 0.355. The van der Waals surface area contributed by atoms with Gasteiger partial charge in [-0.1, -0.05) is 6.07 Å². The molecule has 0 amide bonds. The zero-order valence-corrected chi connectivity index (χ0v) is 15.7. The minimum atomic E-state index is 0.614. The number of ether oxygens (including phenoxy) is 2. The van der Waals surface area contributed by atoms with Gasteiger partial charge in [0, 0.05) is 16.0 Å². The lowest BCUT2D eigenvalue weighted by Crippen LogP contribution is -1.90. The standard InChI is InChI=1S/C19H16N2O2S2/c1-12-15(10-20)19(21-11-14-5-4-8-24-14)25-18(12)13-6-7-16(22-2)17(9-13)23-3/h4-9,11H,1-3H3. The monoisotopic (exact) mass is 368 g/mol. The summed E-state index contributed by atoms with van der Waals surface area (Å²) < 4.78 is 10.7. The average Bonchev–Trinajstić information content (AvgIpc) is 3.26. The molecule has 0 aliphatic heterocycles. The third kappa shape index (κ3) is 3.43. The molecule has 4 nitrogen and oxygen atoms in total. The number of hydrogen-bond donors (Lipinski definition) is 0. The highest BCUT2D eigenvalue weighted by Gasteiger charge is 2.17. The minimum Gasteiger partial charge on any atom is -0.493 e. The molecule has 0 atom stereocenters. The van der Waals surface area contributed by atoms with Gasteiger partial charge in [-0.05, 0) is 47.7 Å². The van der Waals surface area contributed by atoms with Crippen molar-refractivity contribution in [2.24, 2.45) is 4.99 Å². The van der Waals surface area contributed by atoms with Crippen LogP contribution in [-0.4, -0.2) is 20.4 Å². The van der Waals surface area contributed by atoms with Crippen molar-refractivity contribution in [1.29, 1.82) is 5.26 Å². The second-order valence-electron chi connectivity index (χ2n) is 5.19. The Morgan fingerprint density at radius 3 is 2.60 bits per heavy atom. The smallest absolute Gasteiger partial charge is 0.161 e. The topological polar surface area (TPSA) is 54.6 Å². The number of aliphatic imine (C=N–C) groups is 1. The van der Waals surface area contributed by atoms with Gasteiger partial charge >= 0.3 is 0 Å². The van der Waals surface area contributed by atoms with E-state index in [-0.39, 0.29) is 0 Å². The molecule has 0 fully saturated rings. The molecule has 0 bridgehead atoms. The number of thiophene rings is 2. The van der Waals surface area contributed by atoms with Gasteiger partial charge in [-0.25, -0.2) is 4.99 Å². The second-order valence-corrected chi connectivity index (χ2v) is 7.17. The lowest BCUT2D eigenvalue weighted by Gasteiger charge is -2.09. The number of benzene rings is 1. The molecule has 0 aliphatic carbocycles. The summed E-state index contributed by atoms with van der Waals surface area (Å²) in [7, 11) is 3.22. The fourth-order valence-corrected chi connectivity index (χ4v) is 4.15. The fraction of sp³-hybridized carbons (Fsp3) is 0.158. The van der Waals surface area contributed by atoms with Crippen LogP contribution in [0.2, 0.25) is 0 Å². The Kier molecular flexibility index (Phi) is 5.17. The lowest BCUT2D eigenvalue weighted by atomic mass is 10.1. The van der Waals surface area contributed by atoms with Gasteiger partial charge in [-0.2, -0.15) is 5.26 Å². The Morgan fingerprint density at radius 2 is 1.96 bits per heavy atom. The zero-order chi connectivity index (χ0) is 17.8. The highest BCUT2D eigenvalue weighted by atomic mass is 32.1. The van der Waals surface area contributed by atoms with E-state index in [1.165, 1.54) is 11.3 Å². The highest BCUT2D eigenvalue weighted by Crippen LogP contribution is 2.43. The largest absolute Gasteiger partial charge is 0.493 e. The van der Waals surface area contributed by atoms with Crippen LogP contribution in [0.1, 0.15) is 16.0 Å². The maximum Gasteiger partial charge on any atom is 0.161 e. The number of hydrogen-bond acceptors (Lipinski definition) is 6. The first kappa shape index (κ1) is 17.2. The maximum absolute atomic E-state index is 9.54. The van der Waals surface area contributed by atoms with Crippen molar-refractivity contribution < 1.29 is 9.47 Å². The predicted octanol–water partition coefficient (Wildman–Crippen LogP) is 5.42. The van der Waals surface area contributed by atoms with Crippen LogP contribution in [0.4, 0.5) is 5.00 Å². The highest BCUT2D eigenvalue weighted by molar-refractivity contribution is 7.19. The summed E-state index contributed by atoms with van der Waals surface area (Å²) in [6, 6.07) is 12.0. The van der Waals surface area contributed by atoms with Crippen molar-refractivity contribution in [1.82, 2.24) is 0 Å². The molecule has 1 aromatic carbocycles. The van der Waals surface area contributed by atoms with Crippen molar-refractivity contribution in [2.75, 3.05) is 14.2 Å². The molecule has 126 valence electrons. The molecule has 0 spiro atoms. The maximum atomic E-state index is 9.54. The van der Waals surface area contributed by atoms with Crippen LogP contribution in [-0.2, 0) is 0 Å². The van der Waals surface area contributed by atoms with Crippen LogP contribution in [0.3, 0.4) is 0 Å². The summed E-state index contributed by atoms with van der Waals surface area (Å²) in [6.07, 6.45) is 1.80. The van der Waals surface area contributed by atoms with Crippen LogP contribution in [0.15, 0.2) is 40.7 Å². The normalized spacial score (nSPS) is 10.8. The molecular weight excluding hydrogens is 352 g/mol. The number of nitrogens with zero attached hydrogens (tertiary/aromatic N) is 2. The van der Waals surface area contributed by atoms with E-state index >= 15 is 0 Å². The molecule has 6 heteroatoms. The number of methoxy groups -OCH3 is 2. The van der Waals surface area contributed by atoms with Gasteiger partial charge < -0.3 is 9.47 Å². The molecule has 0 saturated carbocycles. The van der Waals surface area contributed by atoms with Gasteiger partial charge in [-0.15, -0.1) is 22.7 Å². The third-order valence-corrected chi connectivity index (χ3v) is 5.79.